The first kappa shape index (κ1) is 25.6. The molecule has 0 unspecified atom stereocenters. The second kappa shape index (κ2) is 15.4. The molecular weight excluding hydrogens is 360 g/mol. The summed E-state index contributed by atoms with van der Waals surface area (Å²) in [6.07, 6.45) is 14.0. The van der Waals surface area contributed by atoms with Gasteiger partial charge in [0.15, 0.2) is 0 Å². The molecule has 0 aliphatic carbocycles. The Balaban J connectivity index is 1.85. The molecule has 0 saturated heterocycles. The van der Waals surface area contributed by atoms with E-state index in [1.165, 1.54) is 86.8 Å². The van der Waals surface area contributed by atoms with E-state index in [1.54, 1.807) is 0 Å². The second-order valence-electron chi connectivity index (χ2n) is 9.41. The Morgan fingerprint density at radius 3 is 1.86 bits per heavy atom. The fourth-order valence-corrected chi connectivity index (χ4v) is 4.28. The van der Waals surface area contributed by atoms with Crippen LogP contribution in [0.3, 0.4) is 0 Å². The number of ether oxygens (including phenoxy) is 1. The molecule has 0 heterocycles. The van der Waals surface area contributed by atoms with Crippen molar-refractivity contribution in [1.29, 1.82) is 0 Å². The van der Waals surface area contributed by atoms with Crippen molar-refractivity contribution < 1.29 is 4.74 Å². The zero-order valence-electron chi connectivity index (χ0n) is 19.4. The lowest BCUT2D eigenvalue weighted by atomic mass is 9.86. The van der Waals surface area contributed by atoms with Crippen LogP contribution in [-0.4, -0.2) is 24.2 Å². The van der Waals surface area contributed by atoms with Crippen LogP contribution in [0.25, 0.3) is 0 Å². The molecule has 0 aromatic heterocycles. The summed E-state index contributed by atoms with van der Waals surface area (Å²) >= 11 is 2.10. The van der Waals surface area contributed by atoms with Gasteiger partial charge in [-0.05, 0) is 67.6 Å². The smallest absolute Gasteiger partial charge is 0.0518 e. The molecule has 0 aliphatic heterocycles. The number of benzene rings is 1. The SMILES string of the molecule is CC(C)OCCCSCCCCCCCCCCc1ccc(C(C)(C)C)cc1. The number of thioether (sulfide) groups is 1. The van der Waals surface area contributed by atoms with Crippen LogP contribution in [0.2, 0.25) is 0 Å². The molecule has 28 heavy (non-hydrogen) atoms. The number of hydrogen-bond acceptors (Lipinski definition) is 2. The fraction of sp³-hybridized carbons (Fsp3) is 0.769. The predicted molar refractivity (Wildman–Crippen MR) is 129 cm³/mol. The zero-order chi connectivity index (χ0) is 20.7. The van der Waals surface area contributed by atoms with Gasteiger partial charge < -0.3 is 4.74 Å². The molecule has 0 amide bonds. The average molecular weight is 407 g/mol. The highest BCUT2D eigenvalue weighted by Crippen LogP contribution is 2.22. The highest BCUT2D eigenvalue weighted by Gasteiger charge is 2.12. The molecule has 2 heteroatoms. The number of unbranched alkanes of at least 4 members (excludes halogenated alkanes) is 7. The van der Waals surface area contributed by atoms with Gasteiger partial charge in [-0.1, -0.05) is 83.6 Å². The van der Waals surface area contributed by atoms with Crippen LogP contribution in [0.15, 0.2) is 24.3 Å². The summed E-state index contributed by atoms with van der Waals surface area (Å²) in [6, 6.07) is 9.28. The highest BCUT2D eigenvalue weighted by molar-refractivity contribution is 7.99. The maximum Gasteiger partial charge on any atom is 0.0518 e. The second-order valence-corrected chi connectivity index (χ2v) is 10.6. The van der Waals surface area contributed by atoms with Crippen LogP contribution >= 0.6 is 11.8 Å². The monoisotopic (exact) mass is 406 g/mol. The van der Waals surface area contributed by atoms with Gasteiger partial charge in [-0.15, -0.1) is 0 Å². The lowest BCUT2D eigenvalue weighted by molar-refractivity contribution is 0.0800. The molecule has 1 rings (SSSR count). The Morgan fingerprint density at radius 2 is 1.29 bits per heavy atom. The third-order valence-electron chi connectivity index (χ3n) is 5.21. The van der Waals surface area contributed by atoms with Crippen molar-refractivity contribution in [1.82, 2.24) is 0 Å². The quantitative estimate of drug-likeness (QED) is 0.256. The Hall–Kier alpha value is -0.470. The van der Waals surface area contributed by atoms with E-state index in [0.29, 0.717) is 6.10 Å². The molecular formula is C26H46OS. The lowest BCUT2D eigenvalue weighted by Gasteiger charge is -2.19. The van der Waals surface area contributed by atoms with Gasteiger partial charge in [0.05, 0.1) is 6.10 Å². The Morgan fingerprint density at radius 1 is 0.750 bits per heavy atom. The van der Waals surface area contributed by atoms with Gasteiger partial charge >= 0.3 is 0 Å². The van der Waals surface area contributed by atoms with Crippen molar-refractivity contribution in [3.8, 4) is 0 Å². The molecule has 0 N–H and O–H groups in total. The fourth-order valence-electron chi connectivity index (χ4n) is 3.35. The van der Waals surface area contributed by atoms with E-state index in [1.807, 2.05) is 0 Å². The molecule has 1 aromatic rings. The number of hydrogen-bond donors (Lipinski definition) is 0. The van der Waals surface area contributed by atoms with Gasteiger partial charge in [0, 0.05) is 6.61 Å². The molecule has 1 aromatic carbocycles. The highest BCUT2D eigenvalue weighted by atomic mass is 32.2. The lowest BCUT2D eigenvalue weighted by Crippen LogP contribution is -2.10. The topological polar surface area (TPSA) is 9.23 Å². The molecule has 0 atom stereocenters. The van der Waals surface area contributed by atoms with E-state index in [-0.39, 0.29) is 5.41 Å². The van der Waals surface area contributed by atoms with Crippen molar-refractivity contribution in [2.45, 2.75) is 110 Å². The first-order valence-corrected chi connectivity index (χ1v) is 12.8. The molecule has 0 fully saturated rings. The van der Waals surface area contributed by atoms with Gasteiger partial charge in [-0.2, -0.15) is 11.8 Å². The van der Waals surface area contributed by atoms with Crippen LogP contribution in [0.4, 0.5) is 0 Å². The van der Waals surface area contributed by atoms with Crippen LogP contribution in [0.5, 0.6) is 0 Å². The van der Waals surface area contributed by atoms with Crippen LogP contribution in [0, 0.1) is 0 Å². The van der Waals surface area contributed by atoms with E-state index in [2.05, 4.69) is 70.6 Å². The van der Waals surface area contributed by atoms with Crippen LogP contribution in [-0.2, 0) is 16.6 Å². The summed E-state index contributed by atoms with van der Waals surface area (Å²) in [5.74, 6) is 2.58. The zero-order valence-corrected chi connectivity index (χ0v) is 20.2. The largest absolute Gasteiger partial charge is 0.379 e. The summed E-state index contributed by atoms with van der Waals surface area (Å²) < 4.78 is 5.57. The van der Waals surface area contributed by atoms with Gasteiger partial charge in [0.2, 0.25) is 0 Å². The van der Waals surface area contributed by atoms with Crippen molar-refractivity contribution in [2.75, 3.05) is 18.1 Å². The Bertz CT molecular complexity index is 472. The van der Waals surface area contributed by atoms with Gasteiger partial charge in [0.1, 0.15) is 0 Å². The Labute approximate surface area is 180 Å². The average Bonchev–Trinajstić information content (AvgIpc) is 2.64. The first-order valence-electron chi connectivity index (χ1n) is 11.7. The van der Waals surface area contributed by atoms with Crippen LogP contribution < -0.4 is 0 Å². The van der Waals surface area contributed by atoms with Crippen molar-refractivity contribution >= 4 is 11.8 Å². The van der Waals surface area contributed by atoms with Gasteiger partial charge in [0.25, 0.3) is 0 Å². The van der Waals surface area contributed by atoms with Gasteiger partial charge in [-0.3, -0.25) is 0 Å². The van der Waals surface area contributed by atoms with Crippen LogP contribution in [0.1, 0.15) is 104 Å². The molecule has 162 valence electrons. The number of aryl methyl sites for hydroxylation is 1. The summed E-state index contributed by atoms with van der Waals surface area (Å²) in [4.78, 5) is 0. The molecule has 0 spiro atoms. The minimum Gasteiger partial charge on any atom is -0.379 e. The summed E-state index contributed by atoms with van der Waals surface area (Å²) in [7, 11) is 0. The third kappa shape index (κ3) is 13.7. The predicted octanol–water partition coefficient (Wildman–Crippen LogP) is 8.20. The standard InChI is InChI=1S/C26H46OS/c1-23(2)27-20-14-22-28-21-13-11-9-7-6-8-10-12-15-24-16-18-25(19-17-24)26(3,4)5/h16-19,23H,6-15,20-22H2,1-5H3. The van der Waals surface area contributed by atoms with E-state index in [9.17, 15) is 0 Å². The van der Waals surface area contributed by atoms with E-state index < -0.39 is 0 Å². The molecule has 0 radical (unpaired) electrons. The molecule has 0 aliphatic rings. The van der Waals surface area contributed by atoms with Crippen molar-refractivity contribution in [3.63, 3.8) is 0 Å². The normalized spacial score (nSPS) is 12.1. The van der Waals surface area contributed by atoms with Crippen molar-refractivity contribution in [3.05, 3.63) is 35.4 Å². The minimum absolute atomic E-state index is 0.264. The summed E-state index contributed by atoms with van der Waals surface area (Å²) in [5, 5.41) is 0. The molecule has 0 saturated carbocycles. The minimum atomic E-state index is 0.264. The van der Waals surface area contributed by atoms with Gasteiger partial charge in [-0.25, -0.2) is 0 Å². The summed E-state index contributed by atoms with van der Waals surface area (Å²) in [5.41, 5.74) is 3.20. The molecule has 1 nitrogen and oxygen atoms in total. The maximum atomic E-state index is 5.57. The van der Waals surface area contributed by atoms with E-state index in [0.717, 1.165) is 6.61 Å². The molecule has 0 bridgehead atoms. The number of rotatable bonds is 16. The first-order chi connectivity index (χ1) is 13.4. The van der Waals surface area contributed by atoms with E-state index >= 15 is 0 Å². The Kier molecular flexibility index (Phi) is 14.0. The van der Waals surface area contributed by atoms with E-state index in [4.69, 9.17) is 4.74 Å². The maximum absolute atomic E-state index is 5.57. The third-order valence-corrected chi connectivity index (χ3v) is 6.36. The van der Waals surface area contributed by atoms with Crippen molar-refractivity contribution in [2.24, 2.45) is 0 Å². The summed E-state index contributed by atoms with van der Waals surface area (Å²) in [6.45, 7) is 12.0.